The smallest absolute Gasteiger partial charge is 0.241 e. The van der Waals surface area contributed by atoms with E-state index < -0.39 is 0 Å². The van der Waals surface area contributed by atoms with Gasteiger partial charge in [0.1, 0.15) is 6.04 Å². The van der Waals surface area contributed by atoms with Crippen molar-refractivity contribution >= 4 is 17.7 Å². The molecule has 1 amide bonds. The second-order valence-electron chi connectivity index (χ2n) is 4.23. The predicted octanol–water partition coefficient (Wildman–Crippen LogP) is 0.442. The SMILES string of the molecule is CC1(CN2CC(N)C2=O)CCCS1. The Balaban J connectivity index is 1.88. The first-order valence-corrected chi connectivity index (χ1v) is 5.78. The molecular formula is C9H16N2OS. The van der Waals surface area contributed by atoms with Crippen molar-refractivity contribution in [2.24, 2.45) is 5.73 Å². The first-order chi connectivity index (χ1) is 6.11. The zero-order valence-electron chi connectivity index (χ0n) is 7.95. The van der Waals surface area contributed by atoms with Gasteiger partial charge >= 0.3 is 0 Å². The van der Waals surface area contributed by atoms with E-state index >= 15 is 0 Å². The fourth-order valence-electron chi connectivity index (χ4n) is 2.04. The minimum Gasteiger partial charge on any atom is -0.338 e. The standard InChI is InChI=1S/C9H16N2OS/c1-9(3-2-4-13-9)6-11-5-7(10)8(11)12/h7H,2-6,10H2,1H3. The Hall–Kier alpha value is -0.220. The van der Waals surface area contributed by atoms with Crippen LogP contribution in [0.25, 0.3) is 0 Å². The van der Waals surface area contributed by atoms with Crippen LogP contribution in [0.4, 0.5) is 0 Å². The minimum absolute atomic E-state index is 0.133. The molecule has 3 nitrogen and oxygen atoms in total. The number of carbonyl (C=O) groups excluding carboxylic acids is 1. The van der Waals surface area contributed by atoms with E-state index in [1.165, 1.54) is 18.6 Å². The topological polar surface area (TPSA) is 46.3 Å². The Morgan fingerprint density at radius 1 is 1.77 bits per heavy atom. The Kier molecular flexibility index (Phi) is 2.28. The molecule has 2 atom stereocenters. The summed E-state index contributed by atoms with van der Waals surface area (Å²) in [5.74, 6) is 1.37. The van der Waals surface area contributed by atoms with E-state index in [9.17, 15) is 4.79 Å². The van der Waals surface area contributed by atoms with Crippen LogP contribution in [0.1, 0.15) is 19.8 Å². The van der Waals surface area contributed by atoms with Gasteiger partial charge in [-0.25, -0.2) is 0 Å². The molecule has 2 saturated heterocycles. The van der Waals surface area contributed by atoms with Crippen LogP contribution in [0.2, 0.25) is 0 Å². The summed E-state index contributed by atoms with van der Waals surface area (Å²) in [7, 11) is 0. The molecule has 2 N–H and O–H groups in total. The largest absolute Gasteiger partial charge is 0.338 e. The predicted molar refractivity (Wildman–Crippen MR) is 54.7 cm³/mol. The molecule has 74 valence electrons. The second kappa shape index (κ2) is 3.17. The van der Waals surface area contributed by atoms with Gasteiger partial charge in [0.25, 0.3) is 0 Å². The van der Waals surface area contributed by atoms with Crippen LogP contribution in [0.5, 0.6) is 0 Å². The minimum atomic E-state index is -0.213. The molecule has 0 spiro atoms. The van der Waals surface area contributed by atoms with Gasteiger partial charge in [-0.2, -0.15) is 11.8 Å². The molecule has 2 aliphatic rings. The number of thioether (sulfide) groups is 1. The number of carbonyl (C=O) groups is 1. The highest BCUT2D eigenvalue weighted by Crippen LogP contribution is 2.38. The van der Waals surface area contributed by atoms with Gasteiger partial charge < -0.3 is 10.6 Å². The molecule has 0 radical (unpaired) electrons. The van der Waals surface area contributed by atoms with Crippen LogP contribution in [0.15, 0.2) is 0 Å². The Bertz CT molecular complexity index is 226. The second-order valence-corrected chi connectivity index (χ2v) is 5.91. The summed E-state index contributed by atoms with van der Waals surface area (Å²) in [5.41, 5.74) is 5.53. The van der Waals surface area contributed by atoms with Crippen molar-refractivity contribution in [3.63, 3.8) is 0 Å². The lowest BCUT2D eigenvalue weighted by Crippen LogP contribution is -2.63. The van der Waals surface area contributed by atoms with E-state index in [1.54, 1.807) is 0 Å². The number of nitrogens with zero attached hydrogens (tertiary/aromatic N) is 1. The molecule has 4 heteroatoms. The van der Waals surface area contributed by atoms with Gasteiger partial charge in [0.15, 0.2) is 0 Å². The zero-order valence-corrected chi connectivity index (χ0v) is 8.77. The van der Waals surface area contributed by atoms with Crippen LogP contribution in [-0.4, -0.2) is 40.4 Å². The number of rotatable bonds is 2. The van der Waals surface area contributed by atoms with E-state index in [4.69, 9.17) is 5.73 Å². The summed E-state index contributed by atoms with van der Waals surface area (Å²) in [6, 6.07) is -0.213. The van der Waals surface area contributed by atoms with Crippen molar-refractivity contribution in [3.8, 4) is 0 Å². The molecule has 0 saturated carbocycles. The molecule has 0 bridgehead atoms. The summed E-state index contributed by atoms with van der Waals surface area (Å²) >= 11 is 1.99. The van der Waals surface area contributed by atoms with Crippen molar-refractivity contribution in [2.45, 2.75) is 30.6 Å². The maximum atomic E-state index is 11.3. The Morgan fingerprint density at radius 3 is 3.00 bits per heavy atom. The lowest BCUT2D eigenvalue weighted by Gasteiger charge is -2.40. The van der Waals surface area contributed by atoms with Crippen molar-refractivity contribution in [2.75, 3.05) is 18.8 Å². The number of amides is 1. The van der Waals surface area contributed by atoms with Gasteiger partial charge in [-0.15, -0.1) is 0 Å². The maximum Gasteiger partial charge on any atom is 0.241 e. The Morgan fingerprint density at radius 2 is 2.54 bits per heavy atom. The summed E-state index contributed by atoms with van der Waals surface area (Å²) in [6.45, 7) is 3.90. The van der Waals surface area contributed by atoms with Crippen LogP contribution in [0, 0.1) is 0 Å². The third-order valence-corrected chi connectivity index (χ3v) is 4.39. The molecule has 0 aromatic heterocycles. The summed E-state index contributed by atoms with van der Waals surface area (Å²) < 4.78 is 0.301. The number of hydrogen-bond acceptors (Lipinski definition) is 3. The average molecular weight is 200 g/mol. The first kappa shape index (κ1) is 9.34. The Labute approximate surface area is 83.0 Å². The van der Waals surface area contributed by atoms with Gasteiger partial charge in [-0.1, -0.05) is 0 Å². The lowest BCUT2D eigenvalue weighted by molar-refractivity contribution is -0.142. The third-order valence-electron chi connectivity index (χ3n) is 2.87. The zero-order chi connectivity index (χ0) is 9.47. The highest BCUT2D eigenvalue weighted by molar-refractivity contribution is 8.00. The molecule has 0 aromatic carbocycles. The van der Waals surface area contributed by atoms with E-state index in [2.05, 4.69) is 6.92 Å². The van der Waals surface area contributed by atoms with Crippen molar-refractivity contribution < 1.29 is 4.79 Å². The molecule has 0 aromatic rings. The normalized spacial score (nSPS) is 39.4. The summed E-state index contributed by atoms with van der Waals surface area (Å²) in [4.78, 5) is 13.2. The summed E-state index contributed by atoms with van der Waals surface area (Å²) in [5, 5.41) is 0. The van der Waals surface area contributed by atoms with E-state index in [0.717, 1.165) is 13.1 Å². The third kappa shape index (κ3) is 1.70. The van der Waals surface area contributed by atoms with Crippen molar-refractivity contribution in [1.82, 2.24) is 4.90 Å². The van der Waals surface area contributed by atoms with Crippen molar-refractivity contribution in [1.29, 1.82) is 0 Å². The highest BCUT2D eigenvalue weighted by Gasteiger charge is 2.39. The van der Waals surface area contributed by atoms with E-state index in [-0.39, 0.29) is 11.9 Å². The molecule has 2 rings (SSSR count). The van der Waals surface area contributed by atoms with Gasteiger partial charge in [-0.05, 0) is 25.5 Å². The van der Waals surface area contributed by atoms with Crippen molar-refractivity contribution in [3.05, 3.63) is 0 Å². The molecule has 0 aliphatic carbocycles. The van der Waals surface area contributed by atoms with Gasteiger partial charge in [0.2, 0.25) is 5.91 Å². The number of hydrogen-bond donors (Lipinski definition) is 1. The molecule has 13 heavy (non-hydrogen) atoms. The fraction of sp³-hybridized carbons (Fsp3) is 0.889. The average Bonchev–Trinajstić information content (AvgIpc) is 2.51. The molecule has 2 unspecified atom stereocenters. The highest BCUT2D eigenvalue weighted by atomic mass is 32.2. The fourth-order valence-corrected chi connectivity index (χ4v) is 3.35. The number of nitrogens with two attached hydrogens (primary N) is 1. The van der Waals surface area contributed by atoms with Crippen LogP contribution in [-0.2, 0) is 4.79 Å². The molecular weight excluding hydrogens is 184 g/mol. The molecule has 2 heterocycles. The maximum absolute atomic E-state index is 11.3. The van der Waals surface area contributed by atoms with Crippen LogP contribution < -0.4 is 5.73 Å². The number of β-lactam (4-membered cyclic amide) rings is 1. The van der Waals surface area contributed by atoms with Crippen LogP contribution in [0.3, 0.4) is 0 Å². The van der Waals surface area contributed by atoms with Gasteiger partial charge in [0, 0.05) is 17.8 Å². The van der Waals surface area contributed by atoms with Gasteiger partial charge in [0.05, 0.1) is 0 Å². The summed E-state index contributed by atoms with van der Waals surface area (Å²) in [6.07, 6.45) is 2.52. The van der Waals surface area contributed by atoms with E-state index in [1.807, 2.05) is 16.7 Å². The van der Waals surface area contributed by atoms with Crippen LogP contribution >= 0.6 is 11.8 Å². The lowest BCUT2D eigenvalue weighted by atomic mass is 10.0. The molecule has 2 aliphatic heterocycles. The first-order valence-electron chi connectivity index (χ1n) is 4.79. The molecule has 2 fully saturated rings. The van der Waals surface area contributed by atoms with Gasteiger partial charge in [-0.3, -0.25) is 4.79 Å². The monoisotopic (exact) mass is 200 g/mol. The quantitative estimate of drug-likeness (QED) is 0.658. The van der Waals surface area contributed by atoms with E-state index in [0.29, 0.717) is 4.75 Å². The number of likely N-dealkylation sites (tertiary alicyclic amines) is 1.